The van der Waals surface area contributed by atoms with E-state index in [1.54, 1.807) is 12.1 Å². The molecule has 132 valence electrons. The van der Waals surface area contributed by atoms with Crippen molar-refractivity contribution < 1.29 is 9.32 Å². The molecule has 3 aromatic rings. The zero-order valence-electron chi connectivity index (χ0n) is 13.9. The molecule has 4 rings (SSSR count). The van der Waals surface area contributed by atoms with E-state index < -0.39 is 6.04 Å². The van der Waals surface area contributed by atoms with Crippen LogP contribution in [0.4, 0.5) is 0 Å². The van der Waals surface area contributed by atoms with Crippen LogP contribution in [-0.4, -0.2) is 27.0 Å². The number of rotatable bonds is 4. The average molecular weight is 369 g/mol. The monoisotopic (exact) mass is 368 g/mol. The number of fused-ring (bicyclic) bond motifs is 1. The van der Waals surface area contributed by atoms with Gasteiger partial charge >= 0.3 is 0 Å². The summed E-state index contributed by atoms with van der Waals surface area (Å²) in [4.78, 5) is 18.3. The maximum Gasteiger partial charge on any atom is 0.241 e. The van der Waals surface area contributed by atoms with Crippen molar-refractivity contribution in [2.75, 3.05) is 0 Å². The molecule has 1 aromatic heterocycles. The Kier molecular flexibility index (Phi) is 4.44. The first-order valence-corrected chi connectivity index (χ1v) is 8.66. The Morgan fingerprint density at radius 2 is 1.92 bits per heavy atom. The molecule has 6 nitrogen and oxygen atoms in total. The second-order valence-corrected chi connectivity index (χ2v) is 6.75. The highest BCUT2D eigenvalue weighted by Gasteiger charge is 2.31. The number of nitrogens with two attached hydrogens (primary N) is 1. The topological polar surface area (TPSA) is 85.3 Å². The van der Waals surface area contributed by atoms with Gasteiger partial charge in [-0.3, -0.25) is 9.69 Å². The van der Waals surface area contributed by atoms with Crippen LogP contribution >= 0.6 is 11.6 Å². The van der Waals surface area contributed by atoms with Gasteiger partial charge < -0.3 is 10.3 Å². The van der Waals surface area contributed by atoms with E-state index in [-0.39, 0.29) is 5.91 Å². The van der Waals surface area contributed by atoms with Crippen LogP contribution in [0, 0.1) is 0 Å². The molecule has 0 bridgehead atoms. The first-order valence-electron chi connectivity index (χ1n) is 8.29. The van der Waals surface area contributed by atoms with Gasteiger partial charge in [0.25, 0.3) is 0 Å². The zero-order valence-corrected chi connectivity index (χ0v) is 14.7. The molecule has 0 spiro atoms. The molecule has 1 aliphatic heterocycles. The fourth-order valence-corrected chi connectivity index (χ4v) is 3.36. The van der Waals surface area contributed by atoms with Gasteiger partial charge in [0.15, 0.2) is 0 Å². The number of amides is 1. The lowest BCUT2D eigenvalue weighted by Gasteiger charge is -2.33. The lowest BCUT2D eigenvalue weighted by Crippen LogP contribution is -2.48. The fourth-order valence-electron chi connectivity index (χ4n) is 3.23. The average Bonchev–Trinajstić information content (AvgIpc) is 3.10. The molecule has 0 aliphatic carbocycles. The smallest absolute Gasteiger partial charge is 0.241 e. The minimum absolute atomic E-state index is 0.350. The Bertz CT molecular complexity index is 939. The highest BCUT2D eigenvalue weighted by molar-refractivity contribution is 6.30. The summed E-state index contributed by atoms with van der Waals surface area (Å²) >= 11 is 5.91. The Hall–Kier alpha value is -2.70. The maximum atomic E-state index is 11.9. The van der Waals surface area contributed by atoms with Gasteiger partial charge in [-0.15, -0.1) is 0 Å². The molecule has 2 aromatic carbocycles. The van der Waals surface area contributed by atoms with Crippen molar-refractivity contribution in [1.82, 2.24) is 15.0 Å². The summed E-state index contributed by atoms with van der Waals surface area (Å²) in [6.07, 6.45) is 0.587. The molecule has 0 unspecified atom stereocenters. The van der Waals surface area contributed by atoms with E-state index in [1.807, 2.05) is 35.2 Å². The number of carbonyl (C=O) groups is 1. The molecule has 2 N–H and O–H groups in total. The van der Waals surface area contributed by atoms with Gasteiger partial charge in [-0.2, -0.15) is 4.98 Å². The van der Waals surface area contributed by atoms with Crippen LogP contribution in [0.15, 0.2) is 53.1 Å². The second kappa shape index (κ2) is 6.90. The van der Waals surface area contributed by atoms with Gasteiger partial charge in [-0.1, -0.05) is 41.0 Å². The van der Waals surface area contributed by atoms with Crippen molar-refractivity contribution in [2.24, 2.45) is 5.73 Å². The third-order valence-electron chi connectivity index (χ3n) is 4.58. The molecular weight excluding hydrogens is 352 g/mol. The first-order chi connectivity index (χ1) is 12.6. The van der Waals surface area contributed by atoms with Crippen LogP contribution in [0.3, 0.4) is 0 Å². The summed E-state index contributed by atoms with van der Waals surface area (Å²) in [5.41, 5.74) is 8.77. The molecule has 0 radical (unpaired) electrons. The summed E-state index contributed by atoms with van der Waals surface area (Å²) < 4.78 is 5.38. The Morgan fingerprint density at radius 3 is 2.65 bits per heavy atom. The van der Waals surface area contributed by atoms with Crippen molar-refractivity contribution in [2.45, 2.75) is 25.6 Å². The van der Waals surface area contributed by atoms with Crippen LogP contribution in [0.2, 0.25) is 5.02 Å². The van der Waals surface area contributed by atoms with Crippen molar-refractivity contribution in [3.05, 3.63) is 70.6 Å². The third-order valence-corrected chi connectivity index (χ3v) is 4.84. The van der Waals surface area contributed by atoms with Crippen LogP contribution in [-0.2, 0) is 24.3 Å². The fraction of sp³-hybridized carbons (Fsp3) is 0.211. The molecule has 7 heteroatoms. The molecule has 1 amide bonds. The third kappa shape index (κ3) is 3.34. The number of primary amides is 1. The predicted octanol–water partition coefficient (Wildman–Crippen LogP) is 2.80. The van der Waals surface area contributed by atoms with E-state index >= 15 is 0 Å². The van der Waals surface area contributed by atoms with Crippen LogP contribution in [0.1, 0.15) is 17.0 Å². The number of nitrogens with zero attached hydrogens (tertiary/aromatic N) is 3. The van der Waals surface area contributed by atoms with Crippen LogP contribution < -0.4 is 5.73 Å². The van der Waals surface area contributed by atoms with Gasteiger partial charge in [0, 0.05) is 17.1 Å². The van der Waals surface area contributed by atoms with Gasteiger partial charge in [0.2, 0.25) is 17.6 Å². The van der Waals surface area contributed by atoms with E-state index in [9.17, 15) is 4.79 Å². The molecule has 0 fully saturated rings. The number of hydrogen-bond donors (Lipinski definition) is 1. The highest BCUT2D eigenvalue weighted by Crippen LogP contribution is 2.25. The highest BCUT2D eigenvalue weighted by atomic mass is 35.5. The van der Waals surface area contributed by atoms with E-state index in [0.717, 1.165) is 11.1 Å². The summed E-state index contributed by atoms with van der Waals surface area (Å²) in [5, 5.41) is 4.67. The minimum atomic E-state index is -0.393. The normalized spacial score (nSPS) is 17.0. The van der Waals surface area contributed by atoms with E-state index in [4.69, 9.17) is 21.9 Å². The Morgan fingerprint density at radius 1 is 1.19 bits per heavy atom. The van der Waals surface area contributed by atoms with Crippen LogP contribution in [0.5, 0.6) is 0 Å². The number of carbonyl (C=O) groups excluding carboxylic acids is 1. The molecule has 1 aliphatic rings. The molecule has 0 saturated carbocycles. The lowest BCUT2D eigenvalue weighted by molar-refractivity contribution is -0.124. The SMILES string of the molecule is NC(=O)[C@@H]1Cc2ccccc2CN1Cc1nc(-c2ccc(Cl)cc2)no1. The Labute approximate surface area is 155 Å². The van der Waals surface area contributed by atoms with Crippen molar-refractivity contribution >= 4 is 17.5 Å². The quantitative estimate of drug-likeness (QED) is 0.765. The summed E-state index contributed by atoms with van der Waals surface area (Å²) in [7, 11) is 0. The second-order valence-electron chi connectivity index (χ2n) is 6.31. The summed E-state index contributed by atoms with van der Waals surface area (Å²) in [5.74, 6) is 0.585. The molecular formula is C19H17ClN4O2. The number of aromatic nitrogens is 2. The van der Waals surface area contributed by atoms with Crippen LogP contribution in [0.25, 0.3) is 11.4 Å². The molecule has 0 saturated heterocycles. The van der Waals surface area contributed by atoms with E-state index in [1.165, 1.54) is 5.56 Å². The molecule has 1 atom stereocenters. The maximum absolute atomic E-state index is 11.9. The first kappa shape index (κ1) is 16.8. The summed E-state index contributed by atoms with van der Waals surface area (Å²) in [6, 6.07) is 14.9. The Balaban J connectivity index is 1.56. The molecule has 26 heavy (non-hydrogen) atoms. The van der Waals surface area contributed by atoms with Gasteiger partial charge in [-0.25, -0.2) is 0 Å². The summed E-state index contributed by atoms with van der Waals surface area (Å²) in [6.45, 7) is 0.977. The van der Waals surface area contributed by atoms with E-state index in [0.29, 0.717) is 36.2 Å². The van der Waals surface area contributed by atoms with Gasteiger partial charge in [0.1, 0.15) is 0 Å². The molecule has 2 heterocycles. The lowest BCUT2D eigenvalue weighted by atomic mass is 9.93. The standard InChI is InChI=1S/C19H17ClN4O2/c20-15-7-5-12(6-8-15)19-22-17(26-23-19)11-24-10-14-4-2-1-3-13(14)9-16(24)18(21)25/h1-8,16H,9-11H2,(H2,21,25)/t16-/m0/s1. The predicted molar refractivity (Wildman–Crippen MR) is 97.1 cm³/mol. The van der Waals surface area contributed by atoms with Crippen molar-refractivity contribution in [1.29, 1.82) is 0 Å². The van der Waals surface area contributed by atoms with Crippen molar-refractivity contribution in [3.8, 4) is 11.4 Å². The zero-order chi connectivity index (χ0) is 18.1. The number of halogens is 1. The number of benzene rings is 2. The number of hydrogen-bond acceptors (Lipinski definition) is 5. The van der Waals surface area contributed by atoms with Gasteiger partial charge in [-0.05, 0) is 41.8 Å². The minimum Gasteiger partial charge on any atom is -0.368 e. The van der Waals surface area contributed by atoms with Gasteiger partial charge in [0.05, 0.1) is 12.6 Å². The van der Waals surface area contributed by atoms with E-state index in [2.05, 4.69) is 16.2 Å². The largest absolute Gasteiger partial charge is 0.368 e. The van der Waals surface area contributed by atoms with Crippen molar-refractivity contribution in [3.63, 3.8) is 0 Å².